The molecule has 21 heavy (non-hydrogen) atoms. The van der Waals surface area contributed by atoms with Gasteiger partial charge in [0.15, 0.2) is 12.1 Å². The van der Waals surface area contributed by atoms with Crippen molar-refractivity contribution in [1.29, 1.82) is 0 Å². The number of ether oxygens (including phenoxy) is 1. The van der Waals surface area contributed by atoms with E-state index in [-0.39, 0.29) is 5.82 Å². The fourth-order valence-electron chi connectivity index (χ4n) is 1.94. The van der Waals surface area contributed by atoms with Crippen molar-refractivity contribution in [3.8, 4) is 5.82 Å². The number of rotatable bonds is 3. The molecule has 0 spiro atoms. The van der Waals surface area contributed by atoms with Crippen molar-refractivity contribution in [2.45, 2.75) is 0 Å². The predicted octanol–water partition coefficient (Wildman–Crippen LogP) is 1.41. The average Bonchev–Trinajstić information content (AvgIpc) is 3.02. The van der Waals surface area contributed by atoms with Crippen LogP contribution in [0.2, 0.25) is 0 Å². The lowest BCUT2D eigenvalue weighted by molar-refractivity contribution is 0.0587. The second-order valence-corrected chi connectivity index (χ2v) is 4.22. The van der Waals surface area contributed by atoms with E-state index in [9.17, 15) is 9.59 Å². The number of esters is 1. The summed E-state index contributed by atoms with van der Waals surface area (Å²) >= 11 is 0. The minimum Gasteiger partial charge on any atom is -0.463 e. The van der Waals surface area contributed by atoms with E-state index in [0.29, 0.717) is 23.2 Å². The lowest BCUT2D eigenvalue weighted by atomic mass is 10.1. The molecule has 0 aliphatic rings. The Hall–Kier alpha value is -3.09. The highest BCUT2D eigenvalue weighted by Gasteiger charge is 2.15. The van der Waals surface area contributed by atoms with Crippen molar-refractivity contribution in [1.82, 2.24) is 19.7 Å². The first-order valence-corrected chi connectivity index (χ1v) is 6.08. The zero-order chi connectivity index (χ0) is 14.8. The van der Waals surface area contributed by atoms with E-state index in [2.05, 4.69) is 19.8 Å². The number of aromatic nitrogens is 4. The maximum atomic E-state index is 11.4. The number of nitrogens with zero attached hydrogens (tertiary/aromatic N) is 4. The van der Waals surface area contributed by atoms with E-state index in [0.717, 1.165) is 5.39 Å². The zero-order valence-electron chi connectivity index (χ0n) is 11.1. The second-order valence-electron chi connectivity index (χ2n) is 4.22. The van der Waals surface area contributed by atoms with Crippen molar-refractivity contribution in [2.24, 2.45) is 0 Å². The van der Waals surface area contributed by atoms with Gasteiger partial charge < -0.3 is 4.74 Å². The van der Waals surface area contributed by atoms with Crippen LogP contribution in [0.15, 0.2) is 36.7 Å². The molecule has 0 radical (unpaired) electrons. The highest BCUT2D eigenvalue weighted by molar-refractivity contribution is 5.89. The first-order valence-electron chi connectivity index (χ1n) is 6.08. The molecule has 0 atom stereocenters. The predicted molar refractivity (Wildman–Crippen MR) is 73.4 cm³/mol. The van der Waals surface area contributed by atoms with Crippen molar-refractivity contribution < 1.29 is 14.3 Å². The van der Waals surface area contributed by atoms with E-state index >= 15 is 0 Å². The van der Waals surface area contributed by atoms with E-state index in [4.69, 9.17) is 0 Å². The minimum atomic E-state index is -0.651. The number of benzene rings is 1. The van der Waals surface area contributed by atoms with Gasteiger partial charge in [0, 0.05) is 5.39 Å². The van der Waals surface area contributed by atoms with Crippen molar-refractivity contribution in [3.63, 3.8) is 0 Å². The molecule has 0 aliphatic heterocycles. The van der Waals surface area contributed by atoms with E-state index in [1.807, 2.05) is 24.3 Å². The summed E-state index contributed by atoms with van der Waals surface area (Å²) in [7, 11) is 1.24. The molecular weight excluding hydrogens is 272 g/mol. The van der Waals surface area contributed by atoms with Gasteiger partial charge in [-0.15, -0.1) is 5.10 Å². The molecular formula is C14H10N4O3. The molecule has 7 nitrogen and oxygen atoms in total. The van der Waals surface area contributed by atoms with Crippen molar-refractivity contribution in [2.75, 3.05) is 7.11 Å². The van der Waals surface area contributed by atoms with Crippen LogP contribution in [-0.2, 0) is 4.74 Å². The third-order valence-corrected chi connectivity index (χ3v) is 2.94. The second kappa shape index (κ2) is 5.12. The monoisotopic (exact) mass is 282 g/mol. The Kier molecular flexibility index (Phi) is 3.15. The number of hydrogen-bond donors (Lipinski definition) is 0. The van der Waals surface area contributed by atoms with Crippen LogP contribution in [0.25, 0.3) is 16.7 Å². The minimum absolute atomic E-state index is 0.0932. The van der Waals surface area contributed by atoms with Crippen LogP contribution < -0.4 is 0 Å². The molecule has 0 fully saturated rings. The summed E-state index contributed by atoms with van der Waals surface area (Å²) in [4.78, 5) is 30.9. The van der Waals surface area contributed by atoms with Gasteiger partial charge in [-0.05, 0) is 12.1 Å². The van der Waals surface area contributed by atoms with Crippen LogP contribution in [0.1, 0.15) is 21.0 Å². The van der Waals surface area contributed by atoms with Gasteiger partial charge in [-0.3, -0.25) is 4.79 Å². The number of methoxy groups -OCH3 is 1. The molecule has 0 amide bonds. The van der Waals surface area contributed by atoms with Crippen LogP contribution in [0.4, 0.5) is 0 Å². The van der Waals surface area contributed by atoms with Gasteiger partial charge in [0.1, 0.15) is 6.33 Å². The quantitative estimate of drug-likeness (QED) is 0.533. The molecule has 2 aromatic heterocycles. The van der Waals surface area contributed by atoms with Crippen LogP contribution in [0, 0.1) is 0 Å². The summed E-state index contributed by atoms with van der Waals surface area (Å²) in [5, 5.41) is 4.82. The Labute approximate surface area is 119 Å². The van der Waals surface area contributed by atoms with Crippen LogP contribution >= 0.6 is 0 Å². The fourth-order valence-corrected chi connectivity index (χ4v) is 1.94. The Balaban J connectivity index is 2.16. The first kappa shape index (κ1) is 12.9. The average molecular weight is 282 g/mol. The summed E-state index contributed by atoms with van der Waals surface area (Å²) < 4.78 is 5.83. The number of carbonyl (C=O) groups excluding carboxylic acids is 2. The van der Waals surface area contributed by atoms with Gasteiger partial charge in [0.05, 0.1) is 18.2 Å². The molecule has 0 N–H and O–H groups in total. The van der Waals surface area contributed by atoms with Crippen LogP contribution in [-0.4, -0.2) is 39.1 Å². The van der Waals surface area contributed by atoms with E-state index in [1.54, 1.807) is 6.07 Å². The van der Waals surface area contributed by atoms with Gasteiger partial charge >= 0.3 is 5.97 Å². The smallest absolute Gasteiger partial charge is 0.377 e. The normalized spacial score (nSPS) is 10.5. The molecule has 2 heterocycles. The largest absolute Gasteiger partial charge is 0.463 e. The van der Waals surface area contributed by atoms with E-state index in [1.165, 1.54) is 18.1 Å². The van der Waals surface area contributed by atoms with Crippen LogP contribution in [0.3, 0.4) is 0 Å². The molecule has 0 bridgehead atoms. The molecule has 0 saturated heterocycles. The summed E-state index contributed by atoms with van der Waals surface area (Å²) in [6.07, 6.45) is 2.00. The molecule has 3 aromatic rings. The van der Waals surface area contributed by atoms with Gasteiger partial charge in [-0.1, -0.05) is 18.2 Å². The number of pyridine rings is 1. The molecule has 7 heteroatoms. The van der Waals surface area contributed by atoms with Gasteiger partial charge in [0.2, 0.25) is 0 Å². The van der Waals surface area contributed by atoms with E-state index < -0.39 is 5.97 Å². The Morgan fingerprint density at radius 1 is 1.33 bits per heavy atom. The third kappa shape index (κ3) is 2.25. The fraction of sp³-hybridized carbons (Fsp3) is 0.0714. The summed E-state index contributed by atoms with van der Waals surface area (Å²) in [6, 6.07) is 9.11. The van der Waals surface area contributed by atoms with Crippen molar-refractivity contribution >= 4 is 23.2 Å². The number of fused-ring (bicyclic) bond motifs is 1. The lowest BCUT2D eigenvalue weighted by Gasteiger charge is -2.05. The summed E-state index contributed by atoms with van der Waals surface area (Å²) in [5.74, 6) is -0.433. The molecule has 0 saturated carbocycles. The zero-order valence-corrected chi connectivity index (χ0v) is 11.1. The lowest BCUT2D eigenvalue weighted by Crippen LogP contribution is -2.07. The number of hydrogen-bond acceptors (Lipinski definition) is 6. The van der Waals surface area contributed by atoms with Gasteiger partial charge in [-0.25, -0.2) is 19.4 Å². The molecule has 0 unspecified atom stereocenters. The Bertz CT molecular complexity index is 841. The number of aldehydes is 1. The molecule has 0 aliphatic carbocycles. The molecule has 104 valence electrons. The maximum absolute atomic E-state index is 11.4. The molecule has 3 rings (SSSR count). The first-order chi connectivity index (χ1) is 10.2. The summed E-state index contributed by atoms with van der Waals surface area (Å²) in [6.45, 7) is 0. The SMILES string of the molecule is COC(=O)c1ncn(-c2nc3ccccc3cc2C=O)n1. The maximum Gasteiger partial charge on any atom is 0.377 e. The standard InChI is InChI=1S/C14H10N4O3/c1-21-14(20)12-15-8-18(17-12)13-10(7-19)6-9-4-2-3-5-11(9)16-13/h2-8H,1H3. The topological polar surface area (TPSA) is 87.0 Å². The molecule has 1 aromatic carbocycles. The highest BCUT2D eigenvalue weighted by Crippen LogP contribution is 2.18. The van der Waals surface area contributed by atoms with Crippen LogP contribution in [0.5, 0.6) is 0 Å². The number of carbonyl (C=O) groups is 2. The highest BCUT2D eigenvalue weighted by atomic mass is 16.5. The number of para-hydroxylation sites is 1. The Morgan fingerprint density at radius 3 is 2.90 bits per heavy atom. The Morgan fingerprint density at radius 2 is 2.14 bits per heavy atom. The van der Waals surface area contributed by atoms with Gasteiger partial charge in [-0.2, -0.15) is 0 Å². The van der Waals surface area contributed by atoms with Gasteiger partial charge in [0.25, 0.3) is 5.82 Å². The van der Waals surface area contributed by atoms with Crippen molar-refractivity contribution in [3.05, 3.63) is 48.0 Å². The third-order valence-electron chi connectivity index (χ3n) is 2.94. The summed E-state index contributed by atoms with van der Waals surface area (Å²) in [5.41, 5.74) is 1.07.